The number of imidazole rings is 1. The van der Waals surface area contributed by atoms with Gasteiger partial charge in [-0.05, 0) is 43.1 Å². The first-order valence-electron chi connectivity index (χ1n) is 9.60. The lowest BCUT2D eigenvalue weighted by Gasteiger charge is -2.36. The average Bonchev–Trinajstić information content (AvgIpc) is 3.23. The molecule has 0 unspecified atom stereocenters. The predicted molar refractivity (Wildman–Crippen MR) is 99.4 cm³/mol. The fraction of sp³-hybridized carbons (Fsp3) is 0.571. The summed E-state index contributed by atoms with van der Waals surface area (Å²) >= 11 is 0. The standard InChI is InChI=1S/C21H29N3O/c1-15-12-17(16-6-4-3-5-7-16)14-18(13-15)23-19-8-11-25-20(19)21-22-9-10-24(21)2/h3-7,9-10,15,17-20,23H,8,11-14H2,1-2H3/t15-,17-,18+,19-,20-/m0/s1. The second kappa shape index (κ2) is 7.30. The minimum atomic E-state index is 0.0763. The molecular weight excluding hydrogens is 310 g/mol. The molecule has 25 heavy (non-hydrogen) atoms. The van der Waals surface area contributed by atoms with E-state index in [1.54, 1.807) is 0 Å². The van der Waals surface area contributed by atoms with Crippen molar-refractivity contribution in [1.82, 2.24) is 14.9 Å². The van der Waals surface area contributed by atoms with Gasteiger partial charge in [0.2, 0.25) is 0 Å². The highest BCUT2D eigenvalue weighted by molar-refractivity contribution is 5.20. The Balaban J connectivity index is 1.45. The normalized spacial score (nSPS) is 32.8. The second-order valence-electron chi connectivity index (χ2n) is 7.87. The number of benzene rings is 1. The Morgan fingerprint density at radius 1 is 1.16 bits per heavy atom. The molecule has 0 bridgehead atoms. The molecule has 1 saturated carbocycles. The van der Waals surface area contributed by atoms with E-state index < -0.39 is 0 Å². The molecule has 1 saturated heterocycles. The fourth-order valence-corrected chi connectivity index (χ4v) is 4.71. The molecule has 1 aliphatic heterocycles. The Bertz CT molecular complexity index is 683. The van der Waals surface area contributed by atoms with Crippen molar-refractivity contribution in [1.29, 1.82) is 0 Å². The van der Waals surface area contributed by atoms with Gasteiger partial charge in [0.25, 0.3) is 0 Å². The lowest BCUT2D eigenvalue weighted by molar-refractivity contribution is 0.0842. The van der Waals surface area contributed by atoms with Gasteiger partial charge >= 0.3 is 0 Å². The van der Waals surface area contributed by atoms with Crippen molar-refractivity contribution in [2.45, 2.75) is 56.7 Å². The molecule has 134 valence electrons. The SMILES string of the molecule is C[C@@H]1C[C@@H](N[C@H]2CCO[C@@H]2c2nccn2C)C[C@@H](c2ccccc2)C1. The van der Waals surface area contributed by atoms with Crippen molar-refractivity contribution in [3.63, 3.8) is 0 Å². The monoisotopic (exact) mass is 339 g/mol. The summed E-state index contributed by atoms with van der Waals surface area (Å²) in [6, 6.07) is 11.9. The van der Waals surface area contributed by atoms with Gasteiger partial charge in [0, 0.05) is 38.1 Å². The van der Waals surface area contributed by atoms with Crippen LogP contribution < -0.4 is 5.32 Å². The summed E-state index contributed by atoms with van der Waals surface area (Å²) in [5.41, 5.74) is 1.49. The fourth-order valence-electron chi connectivity index (χ4n) is 4.71. The lowest BCUT2D eigenvalue weighted by atomic mass is 9.76. The van der Waals surface area contributed by atoms with E-state index in [1.165, 1.54) is 24.8 Å². The molecule has 4 heteroatoms. The zero-order valence-corrected chi connectivity index (χ0v) is 15.3. The van der Waals surface area contributed by atoms with Crippen molar-refractivity contribution >= 4 is 0 Å². The third-order valence-electron chi connectivity index (χ3n) is 5.87. The Morgan fingerprint density at radius 2 is 2.00 bits per heavy atom. The molecule has 2 fully saturated rings. The van der Waals surface area contributed by atoms with Gasteiger partial charge in [-0.1, -0.05) is 37.3 Å². The molecule has 1 aromatic carbocycles. The van der Waals surface area contributed by atoms with Crippen LogP contribution in [-0.4, -0.2) is 28.2 Å². The van der Waals surface area contributed by atoms with E-state index in [0.717, 1.165) is 24.8 Å². The number of rotatable bonds is 4. The summed E-state index contributed by atoms with van der Waals surface area (Å²) in [5, 5.41) is 3.94. The Kier molecular flexibility index (Phi) is 4.91. The minimum absolute atomic E-state index is 0.0763. The van der Waals surface area contributed by atoms with Gasteiger partial charge in [0.05, 0.1) is 0 Å². The highest BCUT2D eigenvalue weighted by atomic mass is 16.5. The summed E-state index contributed by atoms with van der Waals surface area (Å²) < 4.78 is 8.11. The smallest absolute Gasteiger partial charge is 0.139 e. The van der Waals surface area contributed by atoms with E-state index in [0.29, 0.717) is 18.0 Å². The molecule has 2 aromatic rings. The predicted octanol–water partition coefficient (Wildman–Crippen LogP) is 3.81. The second-order valence-corrected chi connectivity index (χ2v) is 7.87. The lowest BCUT2D eigenvalue weighted by Crippen LogP contribution is -2.44. The van der Waals surface area contributed by atoms with Gasteiger partial charge in [-0.2, -0.15) is 0 Å². The first-order chi connectivity index (χ1) is 12.2. The Hall–Kier alpha value is -1.65. The minimum Gasteiger partial charge on any atom is -0.369 e. The van der Waals surface area contributed by atoms with E-state index in [-0.39, 0.29) is 6.10 Å². The maximum Gasteiger partial charge on any atom is 0.139 e. The number of ether oxygens (including phenoxy) is 1. The maximum atomic E-state index is 6.02. The third kappa shape index (κ3) is 3.65. The van der Waals surface area contributed by atoms with E-state index in [4.69, 9.17) is 4.74 Å². The van der Waals surface area contributed by atoms with Crippen LogP contribution in [0.3, 0.4) is 0 Å². The number of hydrogen-bond acceptors (Lipinski definition) is 3. The maximum absolute atomic E-state index is 6.02. The van der Waals surface area contributed by atoms with Crippen LogP contribution in [0, 0.1) is 5.92 Å². The highest BCUT2D eigenvalue weighted by Gasteiger charge is 2.36. The molecule has 1 aromatic heterocycles. The molecule has 5 atom stereocenters. The van der Waals surface area contributed by atoms with Crippen molar-refractivity contribution in [3.05, 3.63) is 54.1 Å². The zero-order valence-electron chi connectivity index (χ0n) is 15.3. The zero-order chi connectivity index (χ0) is 17.2. The van der Waals surface area contributed by atoms with E-state index in [9.17, 15) is 0 Å². The molecule has 4 nitrogen and oxygen atoms in total. The molecule has 1 aliphatic carbocycles. The number of aromatic nitrogens is 2. The van der Waals surface area contributed by atoms with Gasteiger partial charge in [-0.25, -0.2) is 4.98 Å². The van der Waals surface area contributed by atoms with Crippen LogP contribution in [-0.2, 0) is 11.8 Å². The van der Waals surface area contributed by atoms with Crippen molar-refractivity contribution < 1.29 is 4.74 Å². The molecule has 2 heterocycles. The molecule has 4 rings (SSSR count). The van der Waals surface area contributed by atoms with Crippen LogP contribution >= 0.6 is 0 Å². The van der Waals surface area contributed by atoms with Crippen LogP contribution in [0.15, 0.2) is 42.7 Å². The van der Waals surface area contributed by atoms with E-state index in [2.05, 4.69) is 59.2 Å². The topological polar surface area (TPSA) is 39.1 Å². The molecule has 0 amide bonds. The summed E-state index contributed by atoms with van der Waals surface area (Å²) in [5.74, 6) is 2.46. The quantitative estimate of drug-likeness (QED) is 0.920. The Morgan fingerprint density at radius 3 is 2.76 bits per heavy atom. The van der Waals surface area contributed by atoms with Crippen LogP contribution in [0.5, 0.6) is 0 Å². The Labute approximate surface area is 150 Å². The van der Waals surface area contributed by atoms with Gasteiger partial charge in [0.1, 0.15) is 11.9 Å². The summed E-state index contributed by atoms with van der Waals surface area (Å²) in [4.78, 5) is 4.52. The summed E-state index contributed by atoms with van der Waals surface area (Å²) in [6.07, 6.45) is 8.78. The molecule has 0 radical (unpaired) electrons. The van der Waals surface area contributed by atoms with Crippen molar-refractivity contribution in [2.24, 2.45) is 13.0 Å². The first kappa shape index (κ1) is 16.8. The largest absolute Gasteiger partial charge is 0.369 e. The van der Waals surface area contributed by atoms with E-state index >= 15 is 0 Å². The van der Waals surface area contributed by atoms with E-state index in [1.807, 2.05) is 12.4 Å². The first-order valence-corrected chi connectivity index (χ1v) is 9.60. The summed E-state index contributed by atoms with van der Waals surface area (Å²) in [6.45, 7) is 3.21. The summed E-state index contributed by atoms with van der Waals surface area (Å²) in [7, 11) is 2.05. The number of hydrogen-bond donors (Lipinski definition) is 1. The van der Waals surface area contributed by atoms with Crippen molar-refractivity contribution in [3.8, 4) is 0 Å². The van der Waals surface area contributed by atoms with Crippen LogP contribution in [0.1, 0.15) is 56.0 Å². The van der Waals surface area contributed by atoms with Gasteiger partial charge in [0.15, 0.2) is 0 Å². The number of nitrogens with one attached hydrogen (secondary N) is 1. The number of aryl methyl sites for hydroxylation is 1. The van der Waals surface area contributed by atoms with Crippen LogP contribution in [0.25, 0.3) is 0 Å². The van der Waals surface area contributed by atoms with Gasteiger partial charge < -0.3 is 14.6 Å². The van der Waals surface area contributed by atoms with Gasteiger partial charge in [-0.15, -0.1) is 0 Å². The average molecular weight is 339 g/mol. The van der Waals surface area contributed by atoms with Crippen molar-refractivity contribution in [2.75, 3.05) is 6.61 Å². The number of nitrogens with zero attached hydrogens (tertiary/aromatic N) is 2. The molecule has 2 aliphatic rings. The molecule has 1 N–H and O–H groups in total. The van der Waals surface area contributed by atoms with Crippen LogP contribution in [0.4, 0.5) is 0 Å². The highest BCUT2D eigenvalue weighted by Crippen LogP contribution is 2.37. The van der Waals surface area contributed by atoms with Gasteiger partial charge in [-0.3, -0.25) is 0 Å². The van der Waals surface area contributed by atoms with Crippen LogP contribution in [0.2, 0.25) is 0 Å². The molecule has 0 spiro atoms. The third-order valence-corrected chi connectivity index (χ3v) is 5.87. The molecular formula is C21H29N3O.